The predicted octanol–water partition coefficient (Wildman–Crippen LogP) is 1.87. The van der Waals surface area contributed by atoms with Crippen LogP contribution in [0.25, 0.3) is 0 Å². The zero-order chi connectivity index (χ0) is 17.5. The van der Waals surface area contributed by atoms with Crippen LogP contribution >= 0.6 is 0 Å². The lowest BCUT2D eigenvalue weighted by atomic mass is 10.0. The summed E-state index contributed by atoms with van der Waals surface area (Å²) in [5.74, 6) is 0.827. The first kappa shape index (κ1) is 18.4. The van der Waals surface area contributed by atoms with Crippen LogP contribution in [-0.2, 0) is 9.53 Å². The molecule has 5 nitrogen and oxygen atoms in total. The minimum absolute atomic E-state index is 0.0490. The van der Waals surface area contributed by atoms with Gasteiger partial charge in [-0.3, -0.25) is 9.69 Å². The van der Waals surface area contributed by atoms with E-state index >= 15 is 0 Å². The second kappa shape index (κ2) is 9.32. The highest BCUT2D eigenvalue weighted by atomic mass is 16.5. The zero-order valence-electron chi connectivity index (χ0n) is 15.3. The summed E-state index contributed by atoms with van der Waals surface area (Å²) in [6, 6.07) is 8.58. The van der Waals surface area contributed by atoms with E-state index in [1.165, 1.54) is 17.5 Å². The largest absolute Gasteiger partial charge is 0.379 e. The third kappa shape index (κ3) is 5.80. The maximum atomic E-state index is 12.5. The highest BCUT2D eigenvalue weighted by Crippen LogP contribution is 2.18. The van der Waals surface area contributed by atoms with Crippen LogP contribution in [0.3, 0.4) is 0 Å². The normalized spacial score (nSPS) is 22.7. The van der Waals surface area contributed by atoms with Crippen LogP contribution in [0.5, 0.6) is 0 Å². The van der Waals surface area contributed by atoms with Crippen molar-refractivity contribution in [3.63, 3.8) is 0 Å². The van der Waals surface area contributed by atoms with Gasteiger partial charge in [0.15, 0.2) is 0 Å². The van der Waals surface area contributed by atoms with E-state index in [1.54, 1.807) is 0 Å². The lowest BCUT2D eigenvalue weighted by Crippen LogP contribution is -2.43. The fraction of sp³-hybridized carbons (Fsp3) is 0.650. The van der Waals surface area contributed by atoms with Gasteiger partial charge in [0.1, 0.15) is 0 Å². The molecule has 2 saturated heterocycles. The molecule has 0 bridgehead atoms. The number of morpholine rings is 1. The van der Waals surface area contributed by atoms with Gasteiger partial charge in [-0.1, -0.05) is 29.8 Å². The molecule has 3 rings (SSSR count). The van der Waals surface area contributed by atoms with E-state index in [-0.39, 0.29) is 11.9 Å². The molecule has 2 atom stereocenters. The number of amides is 1. The number of rotatable bonds is 7. The summed E-state index contributed by atoms with van der Waals surface area (Å²) < 4.78 is 5.44. The molecule has 0 aliphatic carbocycles. The Morgan fingerprint density at radius 2 is 2.08 bits per heavy atom. The Hall–Kier alpha value is -1.43. The average Bonchev–Trinajstić information content (AvgIpc) is 3.15. The Balaban J connectivity index is 1.58. The number of aryl methyl sites for hydroxylation is 1. The van der Waals surface area contributed by atoms with E-state index in [2.05, 4.69) is 46.7 Å². The number of hydrogen-bond acceptors (Lipinski definition) is 4. The van der Waals surface area contributed by atoms with Crippen molar-refractivity contribution >= 4 is 5.91 Å². The molecule has 138 valence electrons. The number of carbonyl (C=O) groups excluding carboxylic acids is 1. The molecular formula is C20H31N3O2. The van der Waals surface area contributed by atoms with Gasteiger partial charge in [0.05, 0.1) is 19.3 Å². The quantitative estimate of drug-likeness (QED) is 0.792. The monoisotopic (exact) mass is 345 g/mol. The van der Waals surface area contributed by atoms with Crippen molar-refractivity contribution in [1.29, 1.82) is 0 Å². The second-order valence-corrected chi connectivity index (χ2v) is 7.34. The highest BCUT2D eigenvalue weighted by Gasteiger charge is 2.21. The summed E-state index contributed by atoms with van der Waals surface area (Å²) in [6.45, 7) is 8.53. The average molecular weight is 345 g/mol. The molecule has 5 heteroatoms. The van der Waals surface area contributed by atoms with Gasteiger partial charge in [0, 0.05) is 26.1 Å². The van der Waals surface area contributed by atoms with Crippen molar-refractivity contribution in [2.24, 2.45) is 5.92 Å². The topological polar surface area (TPSA) is 53.6 Å². The van der Waals surface area contributed by atoms with Gasteiger partial charge in [-0.05, 0) is 44.3 Å². The Morgan fingerprint density at radius 1 is 1.32 bits per heavy atom. The number of benzene rings is 1. The Labute approximate surface area is 151 Å². The van der Waals surface area contributed by atoms with Crippen LogP contribution in [0.15, 0.2) is 24.3 Å². The van der Waals surface area contributed by atoms with Gasteiger partial charge >= 0.3 is 0 Å². The van der Waals surface area contributed by atoms with Gasteiger partial charge in [0.25, 0.3) is 0 Å². The first-order chi connectivity index (χ1) is 12.2. The van der Waals surface area contributed by atoms with Crippen molar-refractivity contribution in [2.75, 3.05) is 45.9 Å². The minimum atomic E-state index is 0.0490. The van der Waals surface area contributed by atoms with E-state index in [0.29, 0.717) is 12.3 Å². The van der Waals surface area contributed by atoms with Gasteiger partial charge in [-0.25, -0.2) is 0 Å². The van der Waals surface area contributed by atoms with E-state index in [0.717, 1.165) is 52.4 Å². The fourth-order valence-corrected chi connectivity index (χ4v) is 3.64. The van der Waals surface area contributed by atoms with Crippen molar-refractivity contribution < 1.29 is 9.53 Å². The third-order valence-corrected chi connectivity index (χ3v) is 5.30. The molecule has 0 saturated carbocycles. The van der Waals surface area contributed by atoms with Gasteiger partial charge in [0.2, 0.25) is 5.91 Å². The summed E-state index contributed by atoms with van der Waals surface area (Å²) in [4.78, 5) is 14.9. The zero-order valence-corrected chi connectivity index (χ0v) is 15.3. The van der Waals surface area contributed by atoms with E-state index in [9.17, 15) is 4.79 Å². The Bertz CT molecular complexity index is 534. The van der Waals surface area contributed by atoms with Crippen LogP contribution in [0.2, 0.25) is 0 Å². The maximum absolute atomic E-state index is 12.5. The molecule has 2 N–H and O–H groups in total. The molecule has 2 aliphatic heterocycles. The smallest absolute Gasteiger partial charge is 0.220 e. The number of nitrogens with one attached hydrogen (secondary N) is 2. The van der Waals surface area contributed by atoms with Crippen LogP contribution in [0.4, 0.5) is 0 Å². The number of nitrogens with zero attached hydrogens (tertiary/aromatic N) is 1. The molecule has 25 heavy (non-hydrogen) atoms. The molecular weight excluding hydrogens is 314 g/mol. The molecule has 2 fully saturated rings. The maximum Gasteiger partial charge on any atom is 0.220 e. The molecule has 1 amide bonds. The molecule has 2 aliphatic rings. The Morgan fingerprint density at radius 3 is 2.76 bits per heavy atom. The minimum Gasteiger partial charge on any atom is -0.379 e. The second-order valence-electron chi connectivity index (χ2n) is 7.34. The van der Waals surface area contributed by atoms with Gasteiger partial charge in [-0.15, -0.1) is 0 Å². The van der Waals surface area contributed by atoms with Crippen molar-refractivity contribution in [1.82, 2.24) is 15.5 Å². The lowest BCUT2D eigenvalue weighted by Gasteiger charge is -2.31. The molecule has 0 aromatic heterocycles. The molecule has 1 aromatic rings. The molecule has 1 aromatic carbocycles. The van der Waals surface area contributed by atoms with Crippen LogP contribution < -0.4 is 10.6 Å². The summed E-state index contributed by atoms with van der Waals surface area (Å²) in [5.41, 5.74) is 2.43. The summed E-state index contributed by atoms with van der Waals surface area (Å²) >= 11 is 0. The van der Waals surface area contributed by atoms with E-state index < -0.39 is 0 Å². The van der Waals surface area contributed by atoms with Crippen LogP contribution in [0.1, 0.15) is 36.4 Å². The molecule has 0 spiro atoms. The first-order valence-corrected chi connectivity index (χ1v) is 9.57. The predicted molar refractivity (Wildman–Crippen MR) is 99.5 cm³/mol. The highest BCUT2D eigenvalue weighted by molar-refractivity contribution is 5.76. The van der Waals surface area contributed by atoms with Crippen LogP contribution in [-0.4, -0.2) is 56.7 Å². The number of ether oxygens (including phenoxy) is 1. The van der Waals surface area contributed by atoms with E-state index in [4.69, 9.17) is 4.74 Å². The molecule has 0 radical (unpaired) electrons. The molecule has 2 heterocycles. The molecule has 2 unspecified atom stereocenters. The summed E-state index contributed by atoms with van der Waals surface area (Å²) in [7, 11) is 0. The standard InChI is InChI=1S/C20H31N3O2/c1-16-2-5-18(6-3-16)19(15-23-10-12-25-13-11-23)22-20(24)7-4-17-8-9-21-14-17/h2-3,5-6,17,19,21H,4,7-15H2,1H3,(H,22,24). The SMILES string of the molecule is Cc1ccc(C(CN2CCOCC2)NC(=O)CCC2CCNC2)cc1. The number of hydrogen-bond donors (Lipinski definition) is 2. The first-order valence-electron chi connectivity index (χ1n) is 9.57. The van der Waals surface area contributed by atoms with E-state index in [1.807, 2.05) is 0 Å². The van der Waals surface area contributed by atoms with Crippen molar-refractivity contribution in [2.45, 2.75) is 32.2 Å². The lowest BCUT2D eigenvalue weighted by molar-refractivity contribution is -0.122. The van der Waals surface area contributed by atoms with Crippen molar-refractivity contribution in [3.8, 4) is 0 Å². The van der Waals surface area contributed by atoms with Gasteiger partial charge < -0.3 is 15.4 Å². The van der Waals surface area contributed by atoms with Gasteiger partial charge in [-0.2, -0.15) is 0 Å². The summed E-state index contributed by atoms with van der Waals surface area (Å²) in [5, 5.41) is 6.65. The van der Waals surface area contributed by atoms with Crippen molar-refractivity contribution in [3.05, 3.63) is 35.4 Å². The fourth-order valence-electron chi connectivity index (χ4n) is 3.64. The third-order valence-electron chi connectivity index (χ3n) is 5.30. The Kier molecular flexibility index (Phi) is 6.84. The van der Waals surface area contributed by atoms with Crippen LogP contribution in [0, 0.1) is 12.8 Å². The summed E-state index contributed by atoms with van der Waals surface area (Å²) in [6.07, 6.45) is 2.80. The number of carbonyl (C=O) groups is 1.